The van der Waals surface area contributed by atoms with Crippen LogP contribution in [0, 0.1) is 5.41 Å². The summed E-state index contributed by atoms with van der Waals surface area (Å²) >= 11 is 0. The van der Waals surface area contributed by atoms with Gasteiger partial charge in [0.15, 0.2) is 0 Å². The van der Waals surface area contributed by atoms with Crippen molar-refractivity contribution in [3.05, 3.63) is 0 Å². The number of hydrogen-bond acceptors (Lipinski definition) is 6. The molecule has 0 saturated heterocycles. The van der Waals surface area contributed by atoms with Crippen LogP contribution in [0.25, 0.3) is 0 Å². The highest BCUT2D eigenvalue weighted by molar-refractivity contribution is 5.35. The van der Waals surface area contributed by atoms with E-state index in [0.29, 0.717) is 29.9 Å². The lowest BCUT2D eigenvalue weighted by Crippen LogP contribution is -2.24. The largest absolute Gasteiger partial charge is 0.464 e. The summed E-state index contributed by atoms with van der Waals surface area (Å²) in [5.74, 6) is 1.11. The van der Waals surface area contributed by atoms with Gasteiger partial charge in [-0.1, -0.05) is 19.8 Å². The number of hydrogen-bond donors (Lipinski definition) is 2. The SMILES string of the molecule is CCOc1nc(NC)nc(NCC2(C)CCCC2)n1. The van der Waals surface area contributed by atoms with Gasteiger partial charge in [0.1, 0.15) is 0 Å². The molecule has 1 fully saturated rings. The Morgan fingerprint density at radius 2 is 1.84 bits per heavy atom. The van der Waals surface area contributed by atoms with Gasteiger partial charge in [-0.3, -0.25) is 0 Å². The summed E-state index contributed by atoms with van der Waals surface area (Å²) in [5, 5.41) is 6.24. The van der Waals surface area contributed by atoms with E-state index in [2.05, 4.69) is 32.5 Å². The third-order valence-corrected chi connectivity index (χ3v) is 3.60. The maximum atomic E-state index is 5.34. The zero-order valence-corrected chi connectivity index (χ0v) is 12.0. The molecule has 0 spiro atoms. The maximum absolute atomic E-state index is 5.34. The number of nitrogens with zero attached hydrogens (tertiary/aromatic N) is 3. The van der Waals surface area contributed by atoms with E-state index in [-0.39, 0.29) is 0 Å². The highest BCUT2D eigenvalue weighted by Gasteiger charge is 2.28. The molecular weight excluding hydrogens is 242 g/mol. The van der Waals surface area contributed by atoms with Gasteiger partial charge in [0.2, 0.25) is 11.9 Å². The molecule has 6 heteroatoms. The first-order valence-corrected chi connectivity index (χ1v) is 6.96. The minimum Gasteiger partial charge on any atom is -0.464 e. The van der Waals surface area contributed by atoms with E-state index in [4.69, 9.17) is 4.74 Å². The molecule has 0 amide bonds. The van der Waals surface area contributed by atoms with Crippen LogP contribution in [0.15, 0.2) is 0 Å². The second-order valence-electron chi connectivity index (χ2n) is 5.32. The molecule has 0 bridgehead atoms. The molecule has 1 aliphatic carbocycles. The fourth-order valence-corrected chi connectivity index (χ4v) is 2.44. The van der Waals surface area contributed by atoms with Crippen LogP contribution >= 0.6 is 0 Å². The van der Waals surface area contributed by atoms with Gasteiger partial charge in [-0.25, -0.2) is 0 Å². The number of aromatic nitrogens is 3. The first kappa shape index (κ1) is 13.8. The Morgan fingerprint density at radius 1 is 1.16 bits per heavy atom. The van der Waals surface area contributed by atoms with Crippen LogP contribution in [0.5, 0.6) is 6.01 Å². The van der Waals surface area contributed by atoms with Crippen LogP contribution < -0.4 is 15.4 Å². The molecule has 2 rings (SSSR count). The van der Waals surface area contributed by atoms with Crippen molar-refractivity contribution in [3.63, 3.8) is 0 Å². The first-order chi connectivity index (χ1) is 9.15. The third-order valence-electron chi connectivity index (χ3n) is 3.60. The summed E-state index contributed by atoms with van der Waals surface area (Å²) in [6, 6.07) is 0.362. The molecule has 0 unspecified atom stereocenters. The van der Waals surface area contributed by atoms with Crippen LogP contribution in [-0.4, -0.2) is 35.2 Å². The Morgan fingerprint density at radius 3 is 2.47 bits per heavy atom. The summed E-state index contributed by atoms with van der Waals surface area (Å²) in [7, 11) is 1.78. The van der Waals surface area contributed by atoms with Gasteiger partial charge < -0.3 is 15.4 Å². The molecule has 1 saturated carbocycles. The van der Waals surface area contributed by atoms with E-state index >= 15 is 0 Å². The van der Waals surface area contributed by atoms with Gasteiger partial charge in [-0.15, -0.1) is 0 Å². The molecule has 1 aromatic rings. The number of nitrogens with one attached hydrogen (secondary N) is 2. The maximum Gasteiger partial charge on any atom is 0.323 e. The topological polar surface area (TPSA) is 72.0 Å². The minimum atomic E-state index is 0.359. The Kier molecular flexibility index (Phi) is 4.39. The predicted molar refractivity (Wildman–Crippen MR) is 75.6 cm³/mol. The van der Waals surface area contributed by atoms with Crippen LogP contribution in [0.3, 0.4) is 0 Å². The van der Waals surface area contributed by atoms with Gasteiger partial charge >= 0.3 is 6.01 Å². The van der Waals surface area contributed by atoms with Crippen molar-refractivity contribution in [1.82, 2.24) is 15.0 Å². The van der Waals surface area contributed by atoms with Crippen LogP contribution in [0.1, 0.15) is 39.5 Å². The number of ether oxygens (including phenoxy) is 1. The molecule has 6 nitrogen and oxygen atoms in total. The molecule has 0 radical (unpaired) electrons. The minimum absolute atomic E-state index is 0.359. The van der Waals surface area contributed by atoms with Gasteiger partial charge in [0, 0.05) is 13.6 Å². The van der Waals surface area contributed by atoms with Crippen molar-refractivity contribution < 1.29 is 4.74 Å². The Labute approximate surface area is 114 Å². The molecule has 19 heavy (non-hydrogen) atoms. The van der Waals surface area contributed by atoms with Crippen LogP contribution in [-0.2, 0) is 0 Å². The normalized spacial score (nSPS) is 17.2. The summed E-state index contributed by atoms with van der Waals surface area (Å²) in [5.41, 5.74) is 0.359. The average Bonchev–Trinajstić information content (AvgIpc) is 2.84. The smallest absolute Gasteiger partial charge is 0.323 e. The van der Waals surface area contributed by atoms with Gasteiger partial charge in [-0.05, 0) is 25.2 Å². The molecule has 1 aliphatic rings. The molecular formula is C13H23N5O. The van der Waals surface area contributed by atoms with Gasteiger partial charge in [0.05, 0.1) is 6.61 Å². The molecule has 0 aromatic carbocycles. The molecule has 0 atom stereocenters. The second kappa shape index (κ2) is 6.04. The highest BCUT2D eigenvalue weighted by atomic mass is 16.5. The fourth-order valence-electron chi connectivity index (χ4n) is 2.44. The Balaban J connectivity index is 2.04. The standard InChI is InChI=1S/C13H23N5O/c1-4-19-12-17-10(14-3)16-11(18-12)15-9-13(2)7-5-6-8-13/h4-9H2,1-3H3,(H2,14,15,16,17,18). The lowest BCUT2D eigenvalue weighted by Gasteiger charge is -2.23. The zero-order chi connectivity index (χ0) is 13.7. The van der Waals surface area contributed by atoms with E-state index in [0.717, 1.165) is 6.54 Å². The molecule has 0 aliphatic heterocycles. The van der Waals surface area contributed by atoms with Gasteiger partial charge in [0.25, 0.3) is 0 Å². The van der Waals surface area contributed by atoms with E-state index in [1.165, 1.54) is 25.7 Å². The summed E-state index contributed by atoms with van der Waals surface area (Å²) in [6.07, 6.45) is 5.17. The van der Waals surface area contributed by atoms with Crippen LogP contribution in [0.2, 0.25) is 0 Å². The predicted octanol–water partition coefficient (Wildman–Crippen LogP) is 2.30. The monoisotopic (exact) mass is 265 g/mol. The molecule has 1 heterocycles. The zero-order valence-electron chi connectivity index (χ0n) is 12.0. The van der Waals surface area contributed by atoms with Crippen molar-refractivity contribution in [2.75, 3.05) is 30.8 Å². The Bertz CT molecular complexity index is 417. The average molecular weight is 265 g/mol. The van der Waals surface area contributed by atoms with Crippen molar-refractivity contribution in [3.8, 4) is 6.01 Å². The molecule has 106 valence electrons. The van der Waals surface area contributed by atoms with Crippen molar-refractivity contribution >= 4 is 11.9 Å². The number of anilines is 2. The summed E-state index contributed by atoms with van der Waals surface area (Å²) < 4.78 is 5.34. The second-order valence-corrected chi connectivity index (χ2v) is 5.32. The summed E-state index contributed by atoms with van der Waals surface area (Å²) in [6.45, 7) is 5.67. The van der Waals surface area contributed by atoms with Gasteiger partial charge in [-0.2, -0.15) is 15.0 Å². The lowest BCUT2D eigenvalue weighted by molar-refractivity contribution is 0.312. The third kappa shape index (κ3) is 3.68. The van der Waals surface area contributed by atoms with E-state index in [1.54, 1.807) is 7.05 Å². The fraction of sp³-hybridized carbons (Fsp3) is 0.769. The van der Waals surface area contributed by atoms with Crippen molar-refractivity contribution in [2.24, 2.45) is 5.41 Å². The summed E-state index contributed by atoms with van der Waals surface area (Å²) in [4.78, 5) is 12.7. The molecule has 1 aromatic heterocycles. The Hall–Kier alpha value is -1.59. The molecule has 2 N–H and O–H groups in total. The van der Waals surface area contributed by atoms with E-state index in [1.807, 2.05) is 6.92 Å². The van der Waals surface area contributed by atoms with Crippen molar-refractivity contribution in [1.29, 1.82) is 0 Å². The quantitative estimate of drug-likeness (QED) is 0.822. The van der Waals surface area contributed by atoms with E-state index < -0.39 is 0 Å². The van der Waals surface area contributed by atoms with Crippen molar-refractivity contribution in [2.45, 2.75) is 39.5 Å². The van der Waals surface area contributed by atoms with Crippen LogP contribution in [0.4, 0.5) is 11.9 Å². The first-order valence-electron chi connectivity index (χ1n) is 6.96. The highest BCUT2D eigenvalue weighted by Crippen LogP contribution is 2.37. The lowest BCUT2D eigenvalue weighted by atomic mass is 9.89. The van der Waals surface area contributed by atoms with E-state index in [9.17, 15) is 0 Å². The number of rotatable bonds is 6.